The summed E-state index contributed by atoms with van der Waals surface area (Å²) in [6.07, 6.45) is -4.32. The fourth-order valence-electron chi connectivity index (χ4n) is 0.340. The van der Waals surface area contributed by atoms with E-state index in [1.807, 2.05) is 0 Å². The van der Waals surface area contributed by atoms with Crippen molar-refractivity contribution in [2.75, 3.05) is 6.61 Å². The van der Waals surface area contributed by atoms with Gasteiger partial charge in [-0.05, 0) is 6.92 Å². The van der Waals surface area contributed by atoms with Gasteiger partial charge < -0.3 is 9.53 Å². The summed E-state index contributed by atoms with van der Waals surface area (Å²) in [6, 6.07) is 0. The molecular weight excluding hydrogens is 177 g/mol. The van der Waals surface area contributed by atoms with Crippen molar-refractivity contribution in [3.05, 3.63) is 0 Å². The number of ether oxygens (including phenoxy) is 1. The molecule has 0 rings (SSSR count). The van der Waals surface area contributed by atoms with Crippen LogP contribution >= 0.6 is 0 Å². The molecule has 0 aliphatic carbocycles. The highest BCUT2D eigenvalue weighted by molar-refractivity contribution is 5.87. The van der Waals surface area contributed by atoms with Crippen LogP contribution in [-0.4, -0.2) is 25.0 Å². The second-order valence-electron chi connectivity index (χ2n) is 2.15. The third-order valence-electron chi connectivity index (χ3n) is 0.954. The van der Waals surface area contributed by atoms with Gasteiger partial charge in [-0.3, -0.25) is 4.79 Å². The summed E-state index contributed by atoms with van der Waals surface area (Å²) in [5.74, 6) is -2.31. The SMILES string of the molecule is CC(C=O)C(=O)OCC(F)(F)F. The topological polar surface area (TPSA) is 43.4 Å². The number of rotatable bonds is 3. The van der Waals surface area contributed by atoms with Crippen LogP contribution in [0.3, 0.4) is 0 Å². The van der Waals surface area contributed by atoms with Gasteiger partial charge in [-0.2, -0.15) is 13.2 Å². The first-order valence-electron chi connectivity index (χ1n) is 3.05. The third kappa shape index (κ3) is 4.70. The monoisotopic (exact) mass is 184 g/mol. The van der Waals surface area contributed by atoms with E-state index >= 15 is 0 Å². The normalized spacial score (nSPS) is 13.7. The van der Waals surface area contributed by atoms with Crippen LogP contribution in [0.4, 0.5) is 13.2 Å². The summed E-state index contributed by atoms with van der Waals surface area (Å²) in [5, 5.41) is 0. The summed E-state index contributed by atoms with van der Waals surface area (Å²) in [6.45, 7) is -0.490. The van der Waals surface area contributed by atoms with E-state index in [2.05, 4.69) is 4.74 Å². The van der Waals surface area contributed by atoms with E-state index in [4.69, 9.17) is 0 Å². The molecule has 1 atom stereocenters. The smallest absolute Gasteiger partial charge is 0.422 e. The highest BCUT2D eigenvalue weighted by Gasteiger charge is 2.30. The van der Waals surface area contributed by atoms with Gasteiger partial charge in [0.1, 0.15) is 12.2 Å². The van der Waals surface area contributed by atoms with E-state index in [0.29, 0.717) is 0 Å². The van der Waals surface area contributed by atoms with Crippen LogP contribution < -0.4 is 0 Å². The zero-order valence-corrected chi connectivity index (χ0v) is 6.22. The molecule has 0 aromatic carbocycles. The Morgan fingerprint density at radius 2 is 2.08 bits per heavy atom. The zero-order valence-electron chi connectivity index (χ0n) is 6.22. The molecule has 12 heavy (non-hydrogen) atoms. The van der Waals surface area contributed by atoms with Crippen molar-refractivity contribution in [1.29, 1.82) is 0 Å². The first kappa shape index (κ1) is 10.9. The maximum atomic E-state index is 11.4. The van der Waals surface area contributed by atoms with Gasteiger partial charge in [0, 0.05) is 0 Å². The average molecular weight is 184 g/mol. The molecule has 0 N–H and O–H groups in total. The van der Waals surface area contributed by atoms with Crippen molar-refractivity contribution < 1.29 is 27.5 Å². The van der Waals surface area contributed by atoms with Crippen molar-refractivity contribution in [2.24, 2.45) is 5.92 Å². The van der Waals surface area contributed by atoms with Crippen LogP contribution in [0.2, 0.25) is 0 Å². The molecule has 0 spiro atoms. The average Bonchev–Trinajstić information content (AvgIpc) is 1.97. The molecule has 0 aromatic heterocycles. The number of hydrogen-bond acceptors (Lipinski definition) is 3. The molecule has 0 radical (unpaired) electrons. The minimum absolute atomic E-state index is 0.221. The Hall–Kier alpha value is -1.07. The third-order valence-corrected chi connectivity index (χ3v) is 0.954. The molecule has 70 valence electrons. The van der Waals surface area contributed by atoms with Crippen LogP contribution in [-0.2, 0) is 14.3 Å². The molecule has 0 heterocycles. The van der Waals surface area contributed by atoms with Crippen molar-refractivity contribution in [3.8, 4) is 0 Å². The van der Waals surface area contributed by atoms with Crippen molar-refractivity contribution >= 4 is 12.3 Å². The van der Waals surface area contributed by atoms with Gasteiger partial charge in [0.15, 0.2) is 6.61 Å². The fourth-order valence-corrected chi connectivity index (χ4v) is 0.340. The minimum Gasteiger partial charge on any atom is -0.456 e. The Kier molecular flexibility index (Phi) is 3.72. The first-order valence-corrected chi connectivity index (χ1v) is 3.05. The molecule has 0 saturated heterocycles. The maximum absolute atomic E-state index is 11.4. The Labute approximate surface area is 66.5 Å². The zero-order chi connectivity index (χ0) is 9.78. The molecule has 0 aliphatic rings. The summed E-state index contributed by atoms with van der Waals surface area (Å²) >= 11 is 0. The molecule has 0 amide bonds. The van der Waals surface area contributed by atoms with Gasteiger partial charge in [0.2, 0.25) is 0 Å². The van der Waals surface area contributed by atoms with Gasteiger partial charge >= 0.3 is 12.1 Å². The number of hydrogen-bond donors (Lipinski definition) is 0. The summed E-state index contributed by atoms with van der Waals surface area (Å²) in [4.78, 5) is 20.4. The van der Waals surface area contributed by atoms with Gasteiger partial charge in [-0.15, -0.1) is 0 Å². The van der Waals surface area contributed by atoms with Crippen LogP contribution in [0.5, 0.6) is 0 Å². The van der Waals surface area contributed by atoms with E-state index in [1.165, 1.54) is 0 Å². The minimum atomic E-state index is -4.54. The van der Waals surface area contributed by atoms with E-state index in [1.54, 1.807) is 0 Å². The summed E-state index contributed by atoms with van der Waals surface area (Å²) in [5.41, 5.74) is 0. The quantitative estimate of drug-likeness (QED) is 0.372. The molecular formula is C6H7F3O3. The number of halogens is 3. The van der Waals surface area contributed by atoms with Gasteiger partial charge in [0.25, 0.3) is 0 Å². The van der Waals surface area contributed by atoms with E-state index in [-0.39, 0.29) is 6.29 Å². The van der Waals surface area contributed by atoms with Gasteiger partial charge in [0.05, 0.1) is 0 Å². The Bertz CT molecular complexity index is 175. The van der Waals surface area contributed by atoms with Gasteiger partial charge in [-0.1, -0.05) is 0 Å². The molecule has 0 fully saturated rings. The second kappa shape index (κ2) is 4.08. The number of carbonyl (C=O) groups excluding carboxylic acids is 2. The molecule has 0 aromatic rings. The van der Waals surface area contributed by atoms with Crippen LogP contribution in [0.15, 0.2) is 0 Å². The number of carbonyl (C=O) groups is 2. The standard InChI is InChI=1S/C6H7F3O3/c1-4(2-10)5(11)12-3-6(7,8)9/h2,4H,3H2,1H3. The lowest BCUT2D eigenvalue weighted by Crippen LogP contribution is -2.24. The predicted molar refractivity (Wildman–Crippen MR) is 32.2 cm³/mol. The molecule has 1 unspecified atom stereocenters. The predicted octanol–water partition coefficient (Wildman–Crippen LogP) is 0.927. The lowest BCUT2D eigenvalue weighted by Gasteiger charge is -2.08. The largest absolute Gasteiger partial charge is 0.456 e. The number of aldehydes is 1. The Morgan fingerprint density at radius 1 is 1.58 bits per heavy atom. The van der Waals surface area contributed by atoms with E-state index in [0.717, 1.165) is 6.92 Å². The lowest BCUT2D eigenvalue weighted by atomic mass is 10.2. The highest BCUT2D eigenvalue weighted by atomic mass is 19.4. The van der Waals surface area contributed by atoms with E-state index in [9.17, 15) is 22.8 Å². The second-order valence-corrected chi connectivity index (χ2v) is 2.15. The number of esters is 1. The first-order chi connectivity index (χ1) is 5.37. The highest BCUT2D eigenvalue weighted by Crippen LogP contribution is 2.15. The van der Waals surface area contributed by atoms with Crippen LogP contribution in [0.1, 0.15) is 6.92 Å². The molecule has 0 aliphatic heterocycles. The fraction of sp³-hybridized carbons (Fsp3) is 0.667. The van der Waals surface area contributed by atoms with Crippen LogP contribution in [0, 0.1) is 5.92 Å². The Morgan fingerprint density at radius 3 is 2.42 bits per heavy atom. The van der Waals surface area contributed by atoms with E-state index < -0.39 is 24.7 Å². The van der Waals surface area contributed by atoms with Gasteiger partial charge in [-0.25, -0.2) is 0 Å². The van der Waals surface area contributed by atoms with Crippen molar-refractivity contribution in [2.45, 2.75) is 13.1 Å². The summed E-state index contributed by atoms with van der Waals surface area (Å²) in [7, 11) is 0. The van der Waals surface area contributed by atoms with Crippen molar-refractivity contribution in [1.82, 2.24) is 0 Å². The molecule has 3 nitrogen and oxygen atoms in total. The lowest BCUT2D eigenvalue weighted by molar-refractivity contribution is -0.188. The maximum Gasteiger partial charge on any atom is 0.422 e. The molecule has 0 bridgehead atoms. The van der Waals surface area contributed by atoms with Crippen LogP contribution in [0.25, 0.3) is 0 Å². The molecule has 0 saturated carbocycles. The molecule has 6 heteroatoms. The van der Waals surface area contributed by atoms with Crippen molar-refractivity contribution in [3.63, 3.8) is 0 Å². The Balaban J connectivity index is 3.80. The number of alkyl halides is 3. The summed E-state index contributed by atoms with van der Waals surface area (Å²) < 4.78 is 38.0.